The van der Waals surface area contributed by atoms with E-state index in [1.54, 1.807) is 12.1 Å². The highest BCUT2D eigenvalue weighted by molar-refractivity contribution is 9.10. The van der Waals surface area contributed by atoms with E-state index in [-0.39, 0.29) is 5.63 Å². The van der Waals surface area contributed by atoms with E-state index in [1.165, 1.54) is 0 Å². The minimum atomic E-state index is -0.395. The largest absolute Gasteiger partial charge is 0.422 e. The molecule has 2 N–H and O–H groups in total. The summed E-state index contributed by atoms with van der Waals surface area (Å²) < 4.78 is 16.5. The van der Waals surface area contributed by atoms with Crippen LogP contribution < -0.4 is 11.3 Å². The summed E-state index contributed by atoms with van der Waals surface area (Å²) in [7, 11) is 0. The first kappa shape index (κ1) is 30.3. The van der Waals surface area contributed by atoms with Crippen LogP contribution in [0.2, 0.25) is 0 Å². The van der Waals surface area contributed by atoms with Gasteiger partial charge in [-0.3, -0.25) is 9.13 Å². The monoisotopic (exact) mass is 718 g/mol. The number of imidazole rings is 2. The van der Waals surface area contributed by atoms with Crippen LogP contribution in [0.3, 0.4) is 0 Å². The molecule has 230 valence electrons. The Kier molecular flexibility index (Phi) is 8.25. The average molecular weight is 720 g/mol. The van der Waals surface area contributed by atoms with Gasteiger partial charge in [0.2, 0.25) is 0 Å². The molecule has 4 heterocycles. The molecular formula is C36H23BrN4O4S2. The molecule has 0 bridgehead atoms. The van der Waals surface area contributed by atoms with E-state index >= 15 is 0 Å². The minimum Gasteiger partial charge on any atom is -0.422 e. The van der Waals surface area contributed by atoms with Gasteiger partial charge in [-0.25, -0.2) is 9.59 Å². The Morgan fingerprint density at radius 2 is 0.979 bits per heavy atom. The van der Waals surface area contributed by atoms with Gasteiger partial charge >= 0.3 is 11.3 Å². The van der Waals surface area contributed by atoms with E-state index < -0.39 is 5.63 Å². The van der Waals surface area contributed by atoms with Gasteiger partial charge in [-0.2, -0.15) is 0 Å². The second-order valence-electron chi connectivity index (χ2n) is 10.5. The maximum absolute atomic E-state index is 12.3. The Hall–Kier alpha value is -5.36. The van der Waals surface area contributed by atoms with Crippen molar-refractivity contribution in [1.29, 1.82) is 0 Å². The standard InChI is InChI=1S/C18H11BrN2O2S.C18H12N2O2S/c19-12-5-7-13(8-6-12)21-10-15(20-18(21)24)14-9-11-3-1-2-4-16(11)23-17(14)22;21-17-14(10-12-6-4-5-9-16(12)22-17)15-11-20(18(23)19-15)13-7-2-1-3-8-13/h1-10H,(H,20,24);1-11H,(H,19,23). The van der Waals surface area contributed by atoms with Crippen LogP contribution in [-0.4, -0.2) is 19.1 Å². The maximum atomic E-state index is 12.3. The predicted octanol–water partition coefficient (Wildman–Crippen LogP) is 9.38. The third-order valence-corrected chi connectivity index (χ3v) is 8.57. The van der Waals surface area contributed by atoms with Crippen molar-refractivity contribution in [3.8, 4) is 33.9 Å². The number of nitrogens with zero attached hydrogens (tertiary/aromatic N) is 2. The van der Waals surface area contributed by atoms with Crippen molar-refractivity contribution in [2.45, 2.75) is 0 Å². The average Bonchev–Trinajstić information content (AvgIpc) is 3.67. The number of hydrogen-bond donors (Lipinski definition) is 2. The summed E-state index contributed by atoms with van der Waals surface area (Å²) in [6.07, 6.45) is 3.63. The number of aromatic nitrogens is 4. The fraction of sp³-hybridized carbons (Fsp3) is 0. The molecule has 0 amide bonds. The van der Waals surface area contributed by atoms with E-state index in [1.807, 2.05) is 125 Å². The van der Waals surface area contributed by atoms with Crippen LogP contribution in [0.4, 0.5) is 0 Å². The summed E-state index contributed by atoms with van der Waals surface area (Å²) in [5.74, 6) is 0. The number of halogens is 1. The minimum absolute atomic E-state index is 0.389. The van der Waals surface area contributed by atoms with Crippen LogP contribution in [0.25, 0.3) is 55.8 Å². The number of hydrogen-bond acceptors (Lipinski definition) is 6. The van der Waals surface area contributed by atoms with Crippen LogP contribution in [0, 0.1) is 9.54 Å². The first-order valence-electron chi connectivity index (χ1n) is 14.4. The Labute approximate surface area is 285 Å². The van der Waals surface area contributed by atoms with E-state index in [0.717, 1.165) is 26.6 Å². The summed E-state index contributed by atoms with van der Waals surface area (Å²) >= 11 is 14.2. The summed E-state index contributed by atoms with van der Waals surface area (Å²) in [6, 6.07) is 36.0. The van der Waals surface area contributed by atoms with Crippen LogP contribution in [-0.2, 0) is 0 Å². The molecule has 0 atom stereocenters. The summed E-state index contributed by atoms with van der Waals surface area (Å²) in [5, 5.41) is 1.73. The molecule has 11 heteroatoms. The molecule has 47 heavy (non-hydrogen) atoms. The van der Waals surface area contributed by atoms with Gasteiger partial charge in [0, 0.05) is 39.0 Å². The van der Waals surface area contributed by atoms with E-state index in [4.69, 9.17) is 33.3 Å². The lowest BCUT2D eigenvalue weighted by Crippen LogP contribution is -2.02. The number of rotatable bonds is 4. The first-order valence-corrected chi connectivity index (χ1v) is 16.0. The van der Waals surface area contributed by atoms with Crippen LogP contribution in [0.1, 0.15) is 0 Å². The highest BCUT2D eigenvalue weighted by Gasteiger charge is 2.13. The molecule has 4 aromatic heterocycles. The van der Waals surface area contributed by atoms with Gasteiger partial charge in [0.15, 0.2) is 9.54 Å². The third kappa shape index (κ3) is 6.24. The van der Waals surface area contributed by atoms with Crippen molar-refractivity contribution in [2.24, 2.45) is 0 Å². The van der Waals surface area contributed by atoms with Crippen LogP contribution in [0.5, 0.6) is 0 Å². The lowest BCUT2D eigenvalue weighted by molar-refractivity contribution is 0.563. The number of aromatic amines is 2. The van der Waals surface area contributed by atoms with Gasteiger partial charge in [0.25, 0.3) is 0 Å². The third-order valence-electron chi connectivity index (χ3n) is 7.44. The van der Waals surface area contributed by atoms with Crippen molar-refractivity contribution in [3.05, 3.63) is 163 Å². The molecule has 0 aliphatic carbocycles. The van der Waals surface area contributed by atoms with Gasteiger partial charge in [-0.05, 0) is 85.1 Å². The van der Waals surface area contributed by atoms with Crippen molar-refractivity contribution < 1.29 is 8.83 Å². The first-order chi connectivity index (χ1) is 22.8. The van der Waals surface area contributed by atoms with Crippen molar-refractivity contribution in [3.63, 3.8) is 0 Å². The Balaban J connectivity index is 0.000000150. The number of para-hydroxylation sites is 3. The van der Waals surface area contributed by atoms with Gasteiger partial charge in [-0.1, -0.05) is 70.5 Å². The topological polar surface area (TPSA) is 102 Å². The number of fused-ring (bicyclic) bond motifs is 2. The smallest absolute Gasteiger partial charge is 0.345 e. The molecule has 0 fully saturated rings. The zero-order valence-corrected chi connectivity index (χ0v) is 27.6. The normalized spacial score (nSPS) is 11.0. The lowest BCUT2D eigenvalue weighted by Gasteiger charge is -2.02. The summed E-state index contributed by atoms with van der Waals surface area (Å²) in [6.45, 7) is 0. The zero-order valence-electron chi connectivity index (χ0n) is 24.3. The molecule has 0 aliphatic rings. The molecule has 8 rings (SSSR count). The quantitative estimate of drug-likeness (QED) is 0.139. The molecule has 0 saturated carbocycles. The maximum Gasteiger partial charge on any atom is 0.345 e. The predicted molar refractivity (Wildman–Crippen MR) is 193 cm³/mol. The highest BCUT2D eigenvalue weighted by atomic mass is 79.9. The van der Waals surface area contributed by atoms with E-state index in [0.29, 0.717) is 43.2 Å². The highest BCUT2D eigenvalue weighted by Crippen LogP contribution is 2.23. The molecule has 8 aromatic rings. The molecule has 4 aromatic carbocycles. The molecule has 0 saturated heterocycles. The van der Waals surface area contributed by atoms with Gasteiger partial charge in [-0.15, -0.1) is 0 Å². The van der Waals surface area contributed by atoms with Gasteiger partial charge < -0.3 is 18.8 Å². The molecule has 0 spiro atoms. The van der Waals surface area contributed by atoms with Gasteiger partial charge in [0.1, 0.15) is 11.2 Å². The number of benzene rings is 4. The van der Waals surface area contributed by atoms with Crippen LogP contribution in [0.15, 0.2) is 151 Å². The molecule has 0 aliphatic heterocycles. The fourth-order valence-electron chi connectivity index (χ4n) is 5.14. The Morgan fingerprint density at radius 1 is 0.553 bits per heavy atom. The summed E-state index contributed by atoms with van der Waals surface area (Å²) in [4.78, 5) is 30.7. The summed E-state index contributed by atoms with van der Waals surface area (Å²) in [5.41, 5.74) is 4.38. The lowest BCUT2D eigenvalue weighted by atomic mass is 10.1. The number of nitrogens with one attached hydrogen (secondary N) is 2. The SMILES string of the molecule is O=c1oc2ccccc2cc1-c1cn(-c2ccc(Br)cc2)c(=S)[nH]1.O=c1oc2ccccc2cc1-c1cn(-c2ccccc2)c(=S)[nH]1. The van der Waals surface area contributed by atoms with Crippen molar-refractivity contribution in [1.82, 2.24) is 19.1 Å². The van der Waals surface area contributed by atoms with Crippen LogP contribution >= 0.6 is 40.4 Å². The molecule has 0 unspecified atom stereocenters. The number of H-pyrrole nitrogens is 2. The second kappa shape index (κ2) is 12.8. The van der Waals surface area contributed by atoms with Gasteiger partial charge in [0.05, 0.1) is 22.5 Å². The zero-order chi connectivity index (χ0) is 32.5. The van der Waals surface area contributed by atoms with E-state index in [9.17, 15) is 9.59 Å². The second-order valence-corrected chi connectivity index (χ2v) is 12.2. The van der Waals surface area contributed by atoms with Crippen molar-refractivity contribution in [2.75, 3.05) is 0 Å². The Bertz CT molecular complexity index is 2630. The Morgan fingerprint density at radius 3 is 1.47 bits per heavy atom. The van der Waals surface area contributed by atoms with Crippen molar-refractivity contribution >= 4 is 62.3 Å². The fourth-order valence-corrected chi connectivity index (χ4v) is 5.94. The van der Waals surface area contributed by atoms with E-state index in [2.05, 4.69) is 25.9 Å². The molecule has 0 radical (unpaired) electrons. The molecular weight excluding hydrogens is 696 g/mol. The molecule has 8 nitrogen and oxygen atoms in total.